The number of ether oxygens (including phenoxy) is 1. The third-order valence-corrected chi connectivity index (χ3v) is 6.94. The second-order valence-electron chi connectivity index (χ2n) is 7.23. The van der Waals surface area contributed by atoms with Crippen LogP contribution < -0.4 is 10.1 Å². The van der Waals surface area contributed by atoms with Crippen LogP contribution in [0.4, 0.5) is 5.69 Å². The van der Waals surface area contributed by atoms with Crippen LogP contribution in [0.2, 0.25) is 0 Å². The summed E-state index contributed by atoms with van der Waals surface area (Å²) in [4.78, 5) is 17.0. The highest BCUT2D eigenvalue weighted by molar-refractivity contribution is 7.89. The summed E-state index contributed by atoms with van der Waals surface area (Å²) < 4.78 is 32.5. The van der Waals surface area contributed by atoms with Gasteiger partial charge in [0, 0.05) is 36.6 Å². The van der Waals surface area contributed by atoms with Crippen LogP contribution >= 0.6 is 0 Å². The molecule has 1 fully saturated rings. The molecule has 0 saturated carbocycles. The molecular weight excluding hydrogens is 414 g/mol. The molecule has 7 nitrogen and oxygen atoms in total. The van der Waals surface area contributed by atoms with E-state index in [1.165, 1.54) is 28.6 Å². The smallest absolute Gasteiger partial charge is 0.255 e. The second-order valence-corrected chi connectivity index (χ2v) is 9.17. The van der Waals surface area contributed by atoms with Gasteiger partial charge in [-0.3, -0.25) is 9.78 Å². The summed E-state index contributed by atoms with van der Waals surface area (Å²) in [5.74, 6) is 0.280. The fourth-order valence-electron chi connectivity index (χ4n) is 3.36. The van der Waals surface area contributed by atoms with Crippen molar-refractivity contribution in [2.75, 3.05) is 18.4 Å². The number of nitrogens with one attached hydrogen (secondary N) is 1. The molecule has 160 valence electrons. The van der Waals surface area contributed by atoms with Gasteiger partial charge in [-0.2, -0.15) is 4.31 Å². The van der Waals surface area contributed by atoms with Crippen LogP contribution in [-0.2, 0) is 16.6 Å². The summed E-state index contributed by atoms with van der Waals surface area (Å²) >= 11 is 0. The number of sulfonamides is 1. The first-order chi connectivity index (χ1) is 15.0. The van der Waals surface area contributed by atoms with Crippen molar-refractivity contribution in [2.24, 2.45) is 0 Å². The predicted molar refractivity (Wildman–Crippen MR) is 117 cm³/mol. The minimum Gasteiger partial charge on any atom is -0.487 e. The van der Waals surface area contributed by atoms with Crippen LogP contribution in [0.5, 0.6) is 5.75 Å². The Morgan fingerprint density at radius 2 is 1.77 bits per heavy atom. The predicted octanol–water partition coefficient (Wildman–Crippen LogP) is 3.70. The standard InChI is InChI=1S/C23H23N3O4S/c27-23(18-9-11-22(12-10-18)31(28,29)26-14-3-4-15-26)25-19-7-5-8-21(16-19)30-17-20-6-1-2-13-24-20/h1-2,5-13,16H,3-4,14-15,17H2,(H,25,27). The minimum absolute atomic E-state index is 0.205. The average molecular weight is 438 g/mol. The summed E-state index contributed by atoms with van der Waals surface area (Å²) in [5.41, 5.74) is 1.76. The zero-order valence-electron chi connectivity index (χ0n) is 16.9. The Morgan fingerprint density at radius 1 is 1.00 bits per heavy atom. The number of pyridine rings is 1. The van der Waals surface area contributed by atoms with E-state index in [0.717, 1.165) is 18.5 Å². The van der Waals surface area contributed by atoms with Gasteiger partial charge in [-0.15, -0.1) is 0 Å². The van der Waals surface area contributed by atoms with Crippen molar-refractivity contribution in [3.63, 3.8) is 0 Å². The number of rotatable bonds is 7. The first-order valence-electron chi connectivity index (χ1n) is 10.1. The highest BCUT2D eigenvalue weighted by atomic mass is 32.2. The lowest BCUT2D eigenvalue weighted by Gasteiger charge is -2.15. The lowest BCUT2D eigenvalue weighted by atomic mass is 10.2. The van der Waals surface area contributed by atoms with E-state index in [2.05, 4.69) is 10.3 Å². The van der Waals surface area contributed by atoms with Gasteiger partial charge in [0.1, 0.15) is 12.4 Å². The summed E-state index contributed by atoms with van der Waals surface area (Å²) in [6, 6.07) is 18.7. The third kappa shape index (κ3) is 5.10. The number of carbonyl (C=O) groups excluding carboxylic acids is 1. The Hall–Kier alpha value is -3.23. The molecule has 8 heteroatoms. The molecule has 31 heavy (non-hydrogen) atoms. The summed E-state index contributed by atoms with van der Waals surface area (Å²) in [6.07, 6.45) is 3.46. The molecule has 1 aliphatic rings. The van der Waals surface area contributed by atoms with E-state index in [-0.39, 0.29) is 10.8 Å². The average Bonchev–Trinajstić information content (AvgIpc) is 3.35. The fourth-order valence-corrected chi connectivity index (χ4v) is 4.88. The molecule has 0 unspecified atom stereocenters. The van der Waals surface area contributed by atoms with Crippen molar-refractivity contribution >= 4 is 21.6 Å². The molecular formula is C23H23N3O4S. The summed E-state index contributed by atoms with van der Waals surface area (Å²) in [5, 5.41) is 2.82. The molecule has 1 amide bonds. The van der Waals surface area contributed by atoms with E-state index in [9.17, 15) is 13.2 Å². The summed E-state index contributed by atoms with van der Waals surface area (Å²) in [6.45, 7) is 1.41. The zero-order chi connectivity index (χ0) is 21.7. The van der Waals surface area contributed by atoms with E-state index in [4.69, 9.17) is 4.74 Å². The lowest BCUT2D eigenvalue weighted by molar-refractivity contribution is 0.102. The Balaban J connectivity index is 1.40. The van der Waals surface area contributed by atoms with E-state index < -0.39 is 10.0 Å². The Kier molecular flexibility index (Phi) is 6.29. The van der Waals surface area contributed by atoms with Crippen LogP contribution in [0, 0.1) is 0 Å². The maximum atomic E-state index is 12.6. The largest absolute Gasteiger partial charge is 0.487 e. The van der Waals surface area contributed by atoms with E-state index >= 15 is 0 Å². The van der Waals surface area contributed by atoms with Crippen molar-refractivity contribution in [3.05, 3.63) is 84.2 Å². The monoisotopic (exact) mass is 437 g/mol. The number of amides is 1. The number of nitrogens with zero attached hydrogens (tertiary/aromatic N) is 2. The van der Waals surface area contributed by atoms with Gasteiger partial charge in [0.05, 0.1) is 10.6 Å². The normalized spacial score (nSPS) is 14.3. The molecule has 0 spiro atoms. The molecule has 2 aromatic carbocycles. The molecule has 0 atom stereocenters. The molecule has 1 N–H and O–H groups in total. The molecule has 0 bridgehead atoms. The highest BCUT2D eigenvalue weighted by Crippen LogP contribution is 2.22. The SMILES string of the molecule is O=C(Nc1cccc(OCc2ccccn2)c1)c1ccc(S(=O)(=O)N2CCCC2)cc1. The molecule has 3 aromatic rings. The molecule has 1 saturated heterocycles. The third-order valence-electron chi connectivity index (χ3n) is 5.02. The first-order valence-corrected chi connectivity index (χ1v) is 11.5. The number of anilines is 1. The first kappa shape index (κ1) is 21.0. The molecule has 4 rings (SSSR count). The molecule has 0 aliphatic carbocycles. The van der Waals surface area contributed by atoms with Crippen LogP contribution in [-0.4, -0.2) is 36.7 Å². The van der Waals surface area contributed by atoms with Gasteiger partial charge in [0.15, 0.2) is 0 Å². The van der Waals surface area contributed by atoms with Gasteiger partial charge < -0.3 is 10.1 Å². The quantitative estimate of drug-likeness (QED) is 0.609. The highest BCUT2D eigenvalue weighted by Gasteiger charge is 2.27. The Morgan fingerprint density at radius 3 is 2.48 bits per heavy atom. The molecule has 0 radical (unpaired) electrons. The lowest BCUT2D eigenvalue weighted by Crippen LogP contribution is -2.27. The Labute approximate surface area is 181 Å². The number of benzene rings is 2. The van der Waals surface area contributed by atoms with E-state index in [0.29, 0.717) is 36.7 Å². The van der Waals surface area contributed by atoms with Gasteiger partial charge in [0.2, 0.25) is 10.0 Å². The Bertz CT molecular complexity index is 1140. The van der Waals surface area contributed by atoms with Crippen LogP contribution in [0.25, 0.3) is 0 Å². The zero-order valence-corrected chi connectivity index (χ0v) is 17.7. The minimum atomic E-state index is -3.49. The van der Waals surface area contributed by atoms with Crippen LogP contribution in [0.15, 0.2) is 77.8 Å². The van der Waals surface area contributed by atoms with Crippen molar-refractivity contribution in [2.45, 2.75) is 24.3 Å². The van der Waals surface area contributed by atoms with Gasteiger partial charge >= 0.3 is 0 Å². The van der Waals surface area contributed by atoms with E-state index in [1.54, 1.807) is 30.5 Å². The fraction of sp³-hybridized carbons (Fsp3) is 0.217. The maximum absolute atomic E-state index is 12.6. The van der Waals surface area contributed by atoms with Gasteiger partial charge in [-0.1, -0.05) is 12.1 Å². The molecule has 2 heterocycles. The molecule has 1 aromatic heterocycles. The molecule has 1 aliphatic heterocycles. The number of aromatic nitrogens is 1. The maximum Gasteiger partial charge on any atom is 0.255 e. The second kappa shape index (κ2) is 9.28. The van der Waals surface area contributed by atoms with Crippen molar-refractivity contribution in [1.29, 1.82) is 0 Å². The topological polar surface area (TPSA) is 88.6 Å². The van der Waals surface area contributed by atoms with Gasteiger partial charge in [-0.25, -0.2) is 8.42 Å². The van der Waals surface area contributed by atoms with Crippen LogP contribution in [0.1, 0.15) is 28.9 Å². The van der Waals surface area contributed by atoms with Crippen molar-refractivity contribution < 1.29 is 17.9 Å². The summed E-state index contributed by atoms with van der Waals surface area (Å²) in [7, 11) is -3.49. The van der Waals surface area contributed by atoms with Crippen molar-refractivity contribution in [3.8, 4) is 5.75 Å². The van der Waals surface area contributed by atoms with Gasteiger partial charge in [-0.05, 0) is 61.4 Å². The number of hydrogen-bond donors (Lipinski definition) is 1. The van der Waals surface area contributed by atoms with E-state index in [1.807, 2.05) is 18.2 Å². The van der Waals surface area contributed by atoms with Gasteiger partial charge in [0.25, 0.3) is 5.91 Å². The van der Waals surface area contributed by atoms with Crippen LogP contribution in [0.3, 0.4) is 0 Å². The number of carbonyl (C=O) groups is 1. The van der Waals surface area contributed by atoms with Crippen molar-refractivity contribution in [1.82, 2.24) is 9.29 Å². The number of hydrogen-bond acceptors (Lipinski definition) is 5.